The average molecular weight is 528 g/mol. The number of hydrogen-bond donors (Lipinski definition) is 5. The van der Waals surface area contributed by atoms with Crippen molar-refractivity contribution in [3.8, 4) is 12.8 Å². The molecule has 5 N–H and O–H groups in total. The van der Waals surface area contributed by atoms with Gasteiger partial charge in [-0.1, -0.05) is 60.7 Å². The molecule has 9 heteroatoms. The first-order chi connectivity index (χ1) is 17.7. The molecule has 8 nitrogen and oxygen atoms in total. The van der Waals surface area contributed by atoms with E-state index in [0.29, 0.717) is 18.6 Å². The van der Waals surface area contributed by atoms with Crippen LogP contribution in [0, 0.1) is 18.8 Å². The molecule has 0 saturated carbocycles. The zero-order valence-corrected chi connectivity index (χ0v) is 22.3. The summed E-state index contributed by atoms with van der Waals surface area (Å²) in [5, 5.41) is 24.8. The lowest BCUT2D eigenvalue weighted by Crippen LogP contribution is -2.58. The topological polar surface area (TPSA) is 128 Å². The Kier molecular flexibility index (Phi) is 14.1. The van der Waals surface area contributed by atoms with Crippen molar-refractivity contribution in [1.29, 1.82) is 0 Å². The number of benzene rings is 2. The Balaban J connectivity index is 0.00000334. The fraction of sp³-hybridized carbons (Fsp3) is 0.393. The van der Waals surface area contributed by atoms with Crippen LogP contribution in [-0.2, 0) is 26.6 Å². The summed E-state index contributed by atoms with van der Waals surface area (Å²) in [6.07, 6.45) is 7.60. The van der Waals surface area contributed by atoms with Gasteiger partial charge in [-0.05, 0) is 44.2 Å². The van der Waals surface area contributed by atoms with E-state index in [9.17, 15) is 19.5 Å². The minimum Gasteiger partial charge on any atom is -0.382 e. The number of hydrogen-bond acceptors (Lipinski definition) is 6. The van der Waals surface area contributed by atoms with Crippen LogP contribution in [0.15, 0.2) is 60.7 Å². The number of aryl methyl sites for hydroxylation is 1. The molecule has 2 rings (SSSR count). The first kappa shape index (κ1) is 31.7. The Hall–Kier alpha value is -3.32. The molecule has 2 aromatic rings. The smallest absolute Gasteiger partial charge is 0.272 e. The quantitative estimate of drug-likeness (QED) is 0.155. The maximum absolute atomic E-state index is 13.3. The number of amides is 3. The standard InChI is InChI=1S/C26H35N3O5S.C2H2/c1-26(2,35-17-19-13-8-5-9-14-19)22(25(33)27-3)28-23(31)20(21(30)24(32)29-34)16-10-15-18-11-6-4-7-12-18;1-2/h4-9,11-14,20-22,30,34H,10,15-17H2,1-3H3,(H,27,33)(H,28,31)(H,29,32);1-2H/t20-,21+,22?;/m1./s1. The summed E-state index contributed by atoms with van der Waals surface area (Å²) in [7, 11) is 1.49. The van der Waals surface area contributed by atoms with Crippen molar-refractivity contribution in [2.24, 2.45) is 5.92 Å². The van der Waals surface area contributed by atoms with Crippen molar-refractivity contribution in [2.75, 3.05) is 7.05 Å². The molecule has 0 aliphatic carbocycles. The molecule has 0 spiro atoms. The van der Waals surface area contributed by atoms with Crippen molar-refractivity contribution in [2.45, 2.75) is 55.8 Å². The van der Waals surface area contributed by atoms with Crippen LogP contribution < -0.4 is 16.1 Å². The minimum atomic E-state index is -1.76. The molecule has 0 bridgehead atoms. The number of nitrogens with one attached hydrogen (secondary N) is 3. The Morgan fingerprint density at radius 3 is 1.97 bits per heavy atom. The van der Waals surface area contributed by atoms with E-state index in [2.05, 4.69) is 23.5 Å². The third kappa shape index (κ3) is 10.3. The maximum Gasteiger partial charge on any atom is 0.272 e. The monoisotopic (exact) mass is 527 g/mol. The maximum atomic E-state index is 13.3. The summed E-state index contributed by atoms with van der Waals surface area (Å²) in [4.78, 5) is 38.0. The highest BCUT2D eigenvalue weighted by Gasteiger charge is 2.40. The van der Waals surface area contributed by atoms with Gasteiger partial charge < -0.3 is 15.7 Å². The molecule has 0 aliphatic heterocycles. The van der Waals surface area contributed by atoms with Gasteiger partial charge in [0, 0.05) is 17.5 Å². The van der Waals surface area contributed by atoms with Crippen LogP contribution in [0.1, 0.15) is 37.8 Å². The number of carbonyl (C=O) groups is 3. The summed E-state index contributed by atoms with van der Waals surface area (Å²) in [5.74, 6) is -2.59. The van der Waals surface area contributed by atoms with Gasteiger partial charge >= 0.3 is 0 Å². The largest absolute Gasteiger partial charge is 0.382 e. The molecular formula is C28H37N3O5S. The van der Waals surface area contributed by atoms with E-state index in [-0.39, 0.29) is 12.3 Å². The lowest BCUT2D eigenvalue weighted by atomic mass is 9.92. The van der Waals surface area contributed by atoms with Gasteiger partial charge in [0.2, 0.25) is 11.8 Å². The summed E-state index contributed by atoms with van der Waals surface area (Å²) in [6.45, 7) is 3.73. The van der Waals surface area contributed by atoms with E-state index in [1.54, 1.807) is 0 Å². The van der Waals surface area contributed by atoms with Crippen LogP contribution in [0.2, 0.25) is 0 Å². The first-order valence-corrected chi connectivity index (χ1v) is 12.9. The normalized spacial score (nSPS) is 13.2. The SMILES string of the molecule is C#C.CNC(=O)C(NC(=O)[C@H](CCCc1ccccc1)[C@H](O)C(=O)NO)C(C)(C)SCc1ccccc1. The zero-order valence-electron chi connectivity index (χ0n) is 21.5. The highest BCUT2D eigenvalue weighted by atomic mass is 32.2. The second-order valence-corrected chi connectivity index (χ2v) is 10.5. The van der Waals surface area contributed by atoms with Gasteiger partial charge in [0.15, 0.2) is 0 Å². The van der Waals surface area contributed by atoms with E-state index < -0.39 is 34.6 Å². The van der Waals surface area contributed by atoms with Crippen LogP contribution in [0.4, 0.5) is 0 Å². The summed E-state index contributed by atoms with van der Waals surface area (Å²) >= 11 is 1.51. The Bertz CT molecular complexity index is 999. The van der Waals surface area contributed by atoms with E-state index in [1.165, 1.54) is 24.3 Å². The molecule has 200 valence electrons. The molecule has 3 amide bonds. The number of terminal acetylenes is 1. The van der Waals surface area contributed by atoms with Crippen LogP contribution in [-0.4, -0.2) is 52.0 Å². The highest BCUT2D eigenvalue weighted by molar-refractivity contribution is 7.99. The van der Waals surface area contributed by atoms with Gasteiger partial charge in [-0.15, -0.1) is 24.6 Å². The van der Waals surface area contributed by atoms with Gasteiger partial charge in [0.05, 0.1) is 5.92 Å². The number of aliphatic hydroxyl groups excluding tert-OH is 1. The van der Waals surface area contributed by atoms with E-state index in [4.69, 9.17) is 5.21 Å². The van der Waals surface area contributed by atoms with Crippen molar-refractivity contribution in [3.63, 3.8) is 0 Å². The average Bonchev–Trinajstić information content (AvgIpc) is 2.93. The second kappa shape index (κ2) is 16.4. The van der Waals surface area contributed by atoms with Crippen LogP contribution in [0.25, 0.3) is 0 Å². The molecule has 2 aromatic carbocycles. The molecular weight excluding hydrogens is 490 g/mol. The molecule has 0 radical (unpaired) electrons. The molecule has 1 unspecified atom stereocenters. The lowest BCUT2D eigenvalue weighted by molar-refractivity contribution is -0.147. The Morgan fingerprint density at radius 2 is 1.46 bits per heavy atom. The van der Waals surface area contributed by atoms with Crippen molar-refractivity contribution >= 4 is 29.5 Å². The van der Waals surface area contributed by atoms with E-state index >= 15 is 0 Å². The molecule has 0 saturated heterocycles. The zero-order chi connectivity index (χ0) is 27.8. The predicted octanol–water partition coefficient (Wildman–Crippen LogP) is 2.68. The van der Waals surface area contributed by atoms with Gasteiger partial charge in [0.25, 0.3) is 5.91 Å². The van der Waals surface area contributed by atoms with Crippen molar-refractivity contribution in [1.82, 2.24) is 16.1 Å². The first-order valence-electron chi connectivity index (χ1n) is 11.9. The molecule has 0 aliphatic rings. The van der Waals surface area contributed by atoms with Gasteiger partial charge in [-0.2, -0.15) is 0 Å². The van der Waals surface area contributed by atoms with Crippen molar-refractivity contribution < 1.29 is 24.7 Å². The fourth-order valence-electron chi connectivity index (χ4n) is 3.73. The number of aliphatic hydroxyl groups is 1. The van der Waals surface area contributed by atoms with E-state index in [0.717, 1.165) is 11.1 Å². The van der Waals surface area contributed by atoms with E-state index in [1.807, 2.05) is 74.5 Å². The second-order valence-electron chi connectivity index (χ2n) is 8.84. The number of likely N-dealkylation sites (N-methyl/N-ethyl adjacent to an activating group) is 1. The Labute approximate surface area is 223 Å². The fourth-order valence-corrected chi connectivity index (χ4v) is 4.79. The third-order valence-corrected chi connectivity index (χ3v) is 7.32. The van der Waals surface area contributed by atoms with Gasteiger partial charge in [0.1, 0.15) is 12.1 Å². The number of carbonyl (C=O) groups excluding carboxylic acids is 3. The minimum absolute atomic E-state index is 0.188. The third-order valence-electron chi connectivity index (χ3n) is 5.86. The number of rotatable bonds is 13. The summed E-state index contributed by atoms with van der Waals surface area (Å²) in [6, 6.07) is 18.5. The molecule has 0 heterocycles. The van der Waals surface area contributed by atoms with Crippen LogP contribution in [0.5, 0.6) is 0 Å². The summed E-state index contributed by atoms with van der Waals surface area (Å²) < 4.78 is -0.704. The molecule has 37 heavy (non-hydrogen) atoms. The molecule has 0 aromatic heterocycles. The van der Waals surface area contributed by atoms with Crippen molar-refractivity contribution in [3.05, 3.63) is 71.8 Å². The molecule has 0 fully saturated rings. The molecule has 3 atom stereocenters. The summed E-state index contributed by atoms with van der Waals surface area (Å²) in [5.41, 5.74) is 3.56. The van der Waals surface area contributed by atoms with Crippen LogP contribution >= 0.6 is 11.8 Å². The lowest BCUT2D eigenvalue weighted by Gasteiger charge is -2.34. The van der Waals surface area contributed by atoms with Gasteiger partial charge in [-0.3, -0.25) is 19.6 Å². The Morgan fingerprint density at radius 1 is 0.919 bits per heavy atom. The number of thioether (sulfide) groups is 1. The predicted molar refractivity (Wildman–Crippen MR) is 147 cm³/mol. The van der Waals surface area contributed by atoms with Crippen LogP contribution in [0.3, 0.4) is 0 Å². The number of hydroxylamine groups is 1. The van der Waals surface area contributed by atoms with Gasteiger partial charge in [-0.25, -0.2) is 5.48 Å². The highest BCUT2D eigenvalue weighted by Crippen LogP contribution is 2.32.